The van der Waals surface area contributed by atoms with E-state index in [9.17, 15) is 14.9 Å². The van der Waals surface area contributed by atoms with Crippen molar-refractivity contribution in [1.29, 1.82) is 5.26 Å². The van der Waals surface area contributed by atoms with Gasteiger partial charge in [0.25, 0.3) is 0 Å². The maximum atomic E-state index is 13.0. The normalized spacial score (nSPS) is 18.1. The van der Waals surface area contributed by atoms with Crippen LogP contribution < -0.4 is 21.1 Å². The zero-order valence-electron chi connectivity index (χ0n) is 18.4. The molecule has 0 bridgehead atoms. The highest BCUT2D eigenvalue weighted by Gasteiger charge is 2.41. The molecule has 0 aromatic heterocycles. The summed E-state index contributed by atoms with van der Waals surface area (Å²) in [5.41, 5.74) is 8.80. The van der Waals surface area contributed by atoms with Crippen LogP contribution in [-0.4, -0.2) is 24.3 Å². The van der Waals surface area contributed by atoms with Crippen molar-refractivity contribution in [3.8, 4) is 11.8 Å². The number of nitrogens with two attached hydrogens (primary N) is 1. The molecular formula is C24H26N4O3S. The number of allylic oxidation sites excluding steroid dienone is 1. The Labute approximate surface area is 192 Å². The topological polar surface area (TPSA) is 117 Å². The molecule has 4 N–H and O–H groups in total. The van der Waals surface area contributed by atoms with Crippen molar-refractivity contribution >= 4 is 29.4 Å². The van der Waals surface area contributed by atoms with Gasteiger partial charge in [0.05, 0.1) is 23.8 Å². The number of anilines is 1. The van der Waals surface area contributed by atoms with Gasteiger partial charge in [0.15, 0.2) is 0 Å². The van der Waals surface area contributed by atoms with Gasteiger partial charge in [0.1, 0.15) is 11.0 Å². The van der Waals surface area contributed by atoms with Crippen molar-refractivity contribution in [3.05, 3.63) is 70.3 Å². The quantitative estimate of drug-likeness (QED) is 0.642. The Morgan fingerprint density at radius 1 is 1.16 bits per heavy atom. The molecule has 0 aliphatic carbocycles. The smallest absolute Gasteiger partial charge is 0.325 e. The summed E-state index contributed by atoms with van der Waals surface area (Å²) < 4.78 is 5.14. The van der Waals surface area contributed by atoms with E-state index in [2.05, 4.69) is 37.5 Å². The summed E-state index contributed by atoms with van der Waals surface area (Å²) in [5.74, 6) is -0.480. The fraction of sp³-hybridized carbons (Fsp3) is 0.292. The number of nitrogens with zero attached hydrogens (tertiary/aromatic N) is 1. The molecule has 0 spiro atoms. The fourth-order valence-electron chi connectivity index (χ4n) is 3.48. The van der Waals surface area contributed by atoms with Crippen LogP contribution in [0, 0.1) is 11.3 Å². The number of benzene rings is 2. The summed E-state index contributed by atoms with van der Waals surface area (Å²) >= 11 is 1.10. The number of rotatable bonds is 4. The van der Waals surface area contributed by atoms with Crippen molar-refractivity contribution in [2.45, 2.75) is 37.4 Å². The number of nitrogens with one attached hydrogen (secondary N) is 2. The SMILES string of the molecule is COc1cccc(NC(=O)NC(=O)C2SC(N)=C(C#N)C2c2ccc(C(C)(C)C)cc2)c1. The van der Waals surface area contributed by atoms with Gasteiger partial charge in [-0.25, -0.2) is 4.79 Å². The summed E-state index contributed by atoms with van der Waals surface area (Å²) in [5, 5.41) is 14.2. The molecule has 2 unspecified atom stereocenters. The van der Waals surface area contributed by atoms with Gasteiger partial charge < -0.3 is 15.8 Å². The van der Waals surface area contributed by atoms with E-state index in [1.54, 1.807) is 24.3 Å². The number of urea groups is 1. The van der Waals surface area contributed by atoms with Crippen LogP contribution in [0.3, 0.4) is 0 Å². The summed E-state index contributed by atoms with van der Waals surface area (Å²) in [6.45, 7) is 6.34. The predicted molar refractivity (Wildman–Crippen MR) is 126 cm³/mol. The second-order valence-corrected chi connectivity index (χ2v) is 9.64. The first-order valence-electron chi connectivity index (χ1n) is 10.1. The molecule has 0 fully saturated rings. The number of amides is 3. The molecule has 166 valence electrons. The maximum absolute atomic E-state index is 13.0. The van der Waals surface area contributed by atoms with Gasteiger partial charge in [-0.05, 0) is 28.7 Å². The average Bonchev–Trinajstić information content (AvgIpc) is 3.09. The van der Waals surface area contributed by atoms with Crippen molar-refractivity contribution in [2.75, 3.05) is 12.4 Å². The molecule has 0 radical (unpaired) electrons. The van der Waals surface area contributed by atoms with Crippen LogP contribution in [0.5, 0.6) is 5.75 Å². The average molecular weight is 451 g/mol. The summed E-state index contributed by atoms with van der Waals surface area (Å²) in [6.07, 6.45) is 0. The summed E-state index contributed by atoms with van der Waals surface area (Å²) in [6, 6.07) is 16.1. The Bertz CT molecular complexity index is 1100. The molecule has 32 heavy (non-hydrogen) atoms. The molecular weight excluding hydrogens is 424 g/mol. The first-order valence-corrected chi connectivity index (χ1v) is 10.9. The largest absolute Gasteiger partial charge is 0.497 e. The zero-order chi connectivity index (χ0) is 23.5. The van der Waals surface area contributed by atoms with Crippen LogP contribution in [0.25, 0.3) is 0 Å². The number of hydrogen-bond donors (Lipinski definition) is 3. The van der Waals surface area contributed by atoms with Gasteiger partial charge in [0.2, 0.25) is 5.91 Å². The number of methoxy groups -OCH3 is 1. The van der Waals surface area contributed by atoms with Gasteiger partial charge in [-0.1, -0.05) is 62.9 Å². The summed E-state index contributed by atoms with van der Waals surface area (Å²) in [7, 11) is 1.53. The Morgan fingerprint density at radius 3 is 2.44 bits per heavy atom. The number of hydrogen-bond acceptors (Lipinski definition) is 6. The number of thioether (sulfide) groups is 1. The molecule has 1 aliphatic heterocycles. The molecule has 2 aromatic carbocycles. The zero-order valence-corrected chi connectivity index (χ0v) is 19.2. The van der Waals surface area contributed by atoms with Crippen molar-refractivity contribution in [3.63, 3.8) is 0 Å². The van der Waals surface area contributed by atoms with Crippen LogP contribution in [0.2, 0.25) is 0 Å². The maximum Gasteiger partial charge on any atom is 0.325 e. The standard InChI is InChI=1S/C24H26N4O3S/c1-24(2,3)15-10-8-14(9-11-15)19-18(13-25)21(26)32-20(19)22(29)28-23(30)27-16-6-5-7-17(12-16)31-4/h5-12,19-20H,26H2,1-4H3,(H2,27,28,29,30). The first kappa shape index (κ1) is 23.2. The van der Waals surface area contributed by atoms with Gasteiger partial charge in [-0.3, -0.25) is 10.1 Å². The molecule has 2 aromatic rings. The Kier molecular flexibility index (Phi) is 6.80. The first-order chi connectivity index (χ1) is 15.1. The lowest BCUT2D eigenvalue weighted by Gasteiger charge is -2.22. The molecule has 0 saturated carbocycles. The van der Waals surface area contributed by atoms with Crippen molar-refractivity contribution < 1.29 is 14.3 Å². The Morgan fingerprint density at radius 2 is 1.84 bits per heavy atom. The highest BCUT2D eigenvalue weighted by Crippen LogP contribution is 2.45. The lowest BCUT2D eigenvalue weighted by atomic mass is 9.83. The molecule has 3 amide bonds. The number of carbonyl (C=O) groups is 2. The van der Waals surface area contributed by atoms with E-state index < -0.39 is 23.1 Å². The van der Waals surface area contributed by atoms with Crippen LogP contribution in [0.15, 0.2) is 59.1 Å². The fourth-order valence-corrected chi connectivity index (χ4v) is 4.65. The Balaban J connectivity index is 1.78. The number of imide groups is 1. The van der Waals surface area contributed by atoms with E-state index in [0.717, 1.165) is 22.9 Å². The predicted octanol–water partition coefficient (Wildman–Crippen LogP) is 4.23. The third-order valence-electron chi connectivity index (χ3n) is 5.21. The minimum atomic E-state index is -0.735. The number of carbonyl (C=O) groups excluding carboxylic acids is 2. The molecule has 8 heteroatoms. The third-order valence-corrected chi connectivity index (χ3v) is 6.43. The van der Waals surface area contributed by atoms with E-state index >= 15 is 0 Å². The summed E-state index contributed by atoms with van der Waals surface area (Å²) in [4.78, 5) is 25.4. The highest BCUT2D eigenvalue weighted by molar-refractivity contribution is 8.04. The number of ether oxygens (including phenoxy) is 1. The molecule has 3 rings (SSSR count). The van der Waals surface area contributed by atoms with Crippen molar-refractivity contribution in [2.24, 2.45) is 5.73 Å². The van der Waals surface area contributed by atoms with Gasteiger partial charge in [-0.2, -0.15) is 5.26 Å². The highest BCUT2D eigenvalue weighted by atomic mass is 32.2. The van der Waals surface area contributed by atoms with Crippen molar-refractivity contribution in [1.82, 2.24) is 5.32 Å². The minimum Gasteiger partial charge on any atom is -0.497 e. The molecule has 0 saturated heterocycles. The van der Waals surface area contributed by atoms with Gasteiger partial charge in [-0.15, -0.1) is 0 Å². The minimum absolute atomic E-state index is 0.0230. The van der Waals surface area contributed by atoms with E-state index in [-0.39, 0.29) is 5.41 Å². The lowest BCUT2D eigenvalue weighted by Crippen LogP contribution is -2.41. The van der Waals surface area contributed by atoms with E-state index in [1.807, 2.05) is 24.3 Å². The van der Waals surface area contributed by atoms with E-state index in [1.165, 1.54) is 7.11 Å². The van der Waals surface area contributed by atoms with Gasteiger partial charge >= 0.3 is 6.03 Å². The molecule has 2 atom stereocenters. The van der Waals surface area contributed by atoms with Crippen LogP contribution in [0.1, 0.15) is 37.8 Å². The van der Waals surface area contributed by atoms with Crippen LogP contribution in [0.4, 0.5) is 10.5 Å². The third kappa shape index (κ3) is 5.06. The Hall–Kier alpha value is -3.44. The molecule has 1 aliphatic rings. The number of nitriles is 1. The monoisotopic (exact) mass is 450 g/mol. The second kappa shape index (κ2) is 9.37. The van der Waals surface area contributed by atoms with Crippen LogP contribution >= 0.6 is 11.8 Å². The van der Waals surface area contributed by atoms with Crippen LogP contribution in [-0.2, 0) is 10.2 Å². The second-order valence-electron chi connectivity index (χ2n) is 8.45. The lowest BCUT2D eigenvalue weighted by molar-refractivity contribution is -0.119. The van der Waals surface area contributed by atoms with E-state index in [0.29, 0.717) is 22.0 Å². The molecule has 1 heterocycles. The van der Waals surface area contributed by atoms with E-state index in [4.69, 9.17) is 10.5 Å². The molecule has 7 nitrogen and oxygen atoms in total. The van der Waals surface area contributed by atoms with Gasteiger partial charge in [0, 0.05) is 17.7 Å².